The van der Waals surface area contributed by atoms with Gasteiger partial charge in [0.2, 0.25) is 0 Å². The van der Waals surface area contributed by atoms with Crippen molar-refractivity contribution in [1.29, 1.82) is 0 Å². The van der Waals surface area contributed by atoms with Gasteiger partial charge in [-0.3, -0.25) is 14.4 Å². The van der Waals surface area contributed by atoms with Gasteiger partial charge in [-0.1, -0.05) is 41.5 Å². The summed E-state index contributed by atoms with van der Waals surface area (Å²) in [5.74, 6) is -4.63. The summed E-state index contributed by atoms with van der Waals surface area (Å²) in [6, 6.07) is -0.187. The fourth-order valence-corrected chi connectivity index (χ4v) is 6.14. The summed E-state index contributed by atoms with van der Waals surface area (Å²) < 4.78 is 18.1. The fraction of sp³-hybridized carbons (Fsp3) is 0.897. The molecule has 2 aliphatic rings. The molecule has 220 valence electrons. The lowest BCUT2D eigenvalue weighted by Gasteiger charge is -2.43. The number of likely N-dealkylation sites (N-methyl/N-ethyl adjacent to an activating group) is 1. The Kier molecular flexibility index (Phi) is 11.9. The topological polar surface area (TPSA) is 123 Å². The third-order valence-corrected chi connectivity index (χ3v) is 8.82. The monoisotopic (exact) mass is 541 g/mol. The van der Waals surface area contributed by atoms with Gasteiger partial charge in [-0.2, -0.15) is 0 Å². The molecule has 0 aromatic rings. The number of Topliss-reactive ketones (excluding diaryl/α,β-unsaturated/α-hetero) is 2. The number of carbonyl (C=O) groups excluding carboxylic acids is 3. The fourth-order valence-electron chi connectivity index (χ4n) is 6.14. The maximum Gasteiger partial charge on any atom is 0.316 e. The zero-order chi connectivity index (χ0) is 29.1. The minimum Gasteiger partial charge on any atom is -0.461 e. The number of aliphatic hydroxyl groups excluding tert-OH is 2. The van der Waals surface area contributed by atoms with Crippen LogP contribution in [0, 0.1) is 35.5 Å². The number of hydrogen-bond acceptors (Lipinski definition) is 9. The molecule has 0 aromatic carbocycles. The minimum absolute atomic E-state index is 0.0872. The average Bonchev–Trinajstić information content (AvgIpc) is 2.87. The lowest BCUT2D eigenvalue weighted by Crippen LogP contribution is -2.56. The molecule has 38 heavy (non-hydrogen) atoms. The molecule has 0 aliphatic carbocycles. The summed E-state index contributed by atoms with van der Waals surface area (Å²) >= 11 is 0. The maximum absolute atomic E-state index is 13.6. The zero-order valence-electron chi connectivity index (χ0n) is 24.9. The van der Waals surface area contributed by atoms with Gasteiger partial charge >= 0.3 is 5.97 Å². The van der Waals surface area contributed by atoms with E-state index >= 15 is 0 Å². The van der Waals surface area contributed by atoms with Gasteiger partial charge in [-0.25, -0.2) is 0 Å². The molecule has 2 rings (SSSR count). The second kappa shape index (κ2) is 13.8. The lowest BCUT2D eigenvalue weighted by molar-refractivity contribution is -0.278. The summed E-state index contributed by atoms with van der Waals surface area (Å²) in [5.41, 5.74) is 0. The van der Waals surface area contributed by atoms with Gasteiger partial charge in [-0.15, -0.1) is 0 Å². The molecular formula is C29H51NO8. The van der Waals surface area contributed by atoms with Crippen molar-refractivity contribution in [2.45, 2.75) is 118 Å². The summed E-state index contributed by atoms with van der Waals surface area (Å²) in [6.45, 7) is 14.2. The van der Waals surface area contributed by atoms with E-state index in [-0.39, 0.29) is 29.6 Å². The molecule has 2 N–H and O–H groups in total. The third kappa shape index (κ3) is 7.42. The van der Waals surface area contributed by atoms with Crippen molar-refractivity contribution < 1.29 is 38.8 Å². The maximum atomic E-state index is 13.6. The van der Waals surface area contributed by atoms with Gasteiger partial charge in [0, 0.05) is 29.7 Å². The van der Waals surface area contributed by atoms with Crippen LogP contribution >= 0.6 is 0 Å². The number of cyclic esters (lactones) is 1. The molecule has 13 atom stereocenters. The highest BCUT2D eigenvalue weighted by molar-refractivity contribution is 6.00. The van der Waals surface area contributed by atoms with E-state index in [0.717, 1.165) is 0 Å². The van der Waals surface area contributed by atoms with Crippen LogP contribution in [0.25, 0.3) is 0 Å². The first-order valence-electron chi connectivity index (χ1n) is 14.2. The van der Waals surface area contributed by atoms with E-state index < -0.39 is 66.3 Å². The molecule has 0 radical (unpaired) electrons. The molecular weight excluding hydrogens is 490 g/mol. The number of rotatable bonds is 4. The molecule has 2 aliphatic heterocycles. The van der Waals surface area contributed by atoms with E-state index in [9.17, 15) is 24.6 Å². The Bertz CT molecular complexity index is 818. The van der Waals surface area contributed by atoms with Crippen LogP contribution in [0.2, 0.25) is 0 Å². The average molecular weight is 542 g/mol. The van der Waals surface area contributed by atoms with Crippen LogP contribution in [-0.4, -0.2) is 89.6 Å². The van der Waals surface area contributed by atoms with E-state index in [2.05, 4.69) is 0 Å². The molecule has 0 aromatic heterocycles. The Morgan fingerprint density at radius 3 is 2.05 bits per heavy atom. The normalized spacial score (nSPS) is 44.6. The largest absolute Gasteiger partial charge is 0.461 e. The van der Waals surface area contributed by atoms with Gasteiger partial charge in [0.25, 0.3) is 0 Å². The van der Waals surface area contributed by atoms with Crippen molar-refractivity contribution in [3.8, 4) is 0 Å². The van der Waals surface area contributed by atoms with Gasteiger partial charge in [0.05, 0.1) is 18.3 Å². The van der Waals surface area contributed by atoms with Crippen molar-refractivity contribution >= 4 is 17.5 Å². The first kappa shape index (κ1) is 32.8. The second-order valence-corrected chi connectivity index (χ2v) is 12.1. The molecule has 0 amide bonds. The number of aliphatic hydroxyl groups is 2. The SMILES string of the molecule is CC[C@H]1OC(=O)[C@H](C)C(=O)[C@H](C)[C@@H](OC2OC(C)CC(N(C)C)C2O)[C@@H](C)C[C@@H](C)C(=O)[C@H](C)[C@@H](O)[C@H]1C. The van der Waals surface area contributed by atoms with E-state index in [1.54, 1.807) is 20.8 Å². The molecule has 0 spiro atoms. The van der Waals surface area contributed by atoms with Crippen molar-refractivity contribution in [2.75, 3.05) is 14.1 Å². The van der Waals surface area contributed by atoms with Gasteiger partial charge in [0.1, 0.15) is 23.9 Å². The van der Waals surface area contributed by atoms with E-state index in [1.807, 2.05) is 46.7 Å². The first-order chi connectivity index (χ1) is 17.6. The third-order valence-electron chi connectivity index (χ3n) is 8.82. The molecule has 4 unspecified atom stereocenters. The van der Waals surface area contributed by atoms with E-state index in [1.165, 1.54) is 6.92 Å². The molecule has 0 saturated carbocycles. The Labute approximate surface area is 228 Å². The van der Waals surface area contributed by atoms with Crippen LogP contribution in [0.5, 0.6) is 0 Å². The highest BCUT2D eigenvalue weighted by Crippen LogP contribution is 2.34. The number of carbonyl (C=O) groups is 3. The van der Waals surface area contributed by atoms with E-state index in [4.69, 9.17) is 14.2 Å². The standard InChI is InChI=1S/C29H51NO8/c1-11-22-17(5)24(32)18(6)23(31)14(2)12-15(3)27(19(7)25(33)20(8)28(35)37-22)38-29-26(34)21(30(9)10)13-16(4)36-29/h14-22,24,26-27,29,32,34H,11-13H2,1-10H3/t14-,15+,16?,17+,18+,19+,20-,21?,22-,24+,26?,27+,29?/m1/s1. The first-order valence-corrected chi connectivity index (χ1v) is 14.2. The number of hydrogen-bond donors (Lipinski definition) is 2. The van der Waals surface area contributed by atoms with E-state index in [0.29, 0.717) is 19.3 Å². The van der Waals surface area contributed by atoms with Crippen molar-refractivity contribution in [3.05, 3.63) is 0 Å². The van der Waals surface area contributed by atoms with Crippen LogP contribution in [0.4, 0.5) is 0 Å². The predicted molar refractivity (Wildman–Crippen MR) is 143 cm³/mol. The van der Waals surface area contributed by atoms with Gasteiger partial charge in [-0.05, 0) is 53.1 Å². The molecule has 9 heteroatoms. The summed E-state index contributed by atoms with van der Waals surface area (Å²) in [6.07, 6.45) is -2.91. The molecule has 0 bridgehead atoms. The quantitative estimate of drug-likeness (QED) is 0.409. The minimum atomic E-state index is -1.04. The molecule has 9 nitrogen and oxygen atoms in total. The Morgan fingerprint density at radius 2 is 1.50 bits per heavy atom. The highest BCUT2D eigenvalue weighted by atomic mass is 16.7. The lowest BCUT2D eigenvalue weighted by atomic mass is 9.77. The second-order valence-electron chi connectivity index (χ2n) is 12.1. The number of nitrogens with zero attached hydrogens (tertiary/aromatic N) is 1. The summed E-state index contributed by atoms with van der Waals surface area (Å²) in [4.78, 5) is 41.9. The molecule has 2 heterocycles. The summed E-state index contributed by atoms with van der Waals surface area (Å²) in [7, 11) is 3.78. The highest BCUT2D eigenvalue weighted by Gasteiger charge is 2.44. The van der Waals surface area contributed by atoms with Crippen molar-refractivity contribution in [2.24, 2.45) is 35.5 Å². The molecule has 2 saturated heterocycles. The predicted octanol–water partition coefficient (Wildman–Crippen LogP) is 2.84. The summed E-state index contributed by atoms with van der Waals surface area (Å²) in [5, 5.41) is 22.1. The van der Waals surface area contributed by atoms with Crippen LogP contribution < -0.4 is 0 Å². The van der Waals surface area contributed by atoms with Crippen LogP contribution in [0.15, 0.2) is 0 Å². The Hall–Kier alpha value is -1.39. The number of ketones is 2. The van der Waals surface area contributed by atoms with Crippen molar-refractivity contribution in [3.63, 3.8) is 0 Å². The van der Waals surface area contributed by atoms with Crippen LogP contribution in [0.1, 0.15) is 74.7 Å². The van der Waals surface area contributed by atoms with Crippen LogP contribution in [0.3, 0.4) is 0 Å². The molecule has 2 fully saturated rings. The van der Waals surface area contributed by atoms with Crippen molar-refractivity contribution in [1.82, 2.24) is 4.90 Å². The van der Waals surface area contributed by atoms with Gasteiger partial charge in [0.15, 0.2) is 12.1 Å². The Balaban J connectivity index is 2.44. The van der Waals surface area contributed by atoms with Gasteiger partial charge < -0.3 is 29.3 Å². The Morgan fingerprint density at radius 1 is 0.895 bits per heavy atom. The number of esters is 1. The smallest absolute Gasteiger partial charge is 0.316 e. The number of ether oxygens (including phenoxy) is 3. The van der Waals surface area contributed by atoms with Crippen LogP contribution in [-0.2, 0) is 28.6 Å². The zero-order valence-corrected chi connectivity index (χ0v) is 24.9.